The zero-order valence-corrected chi connectivity index (χ0v) is 18.2. The van der Waals surface area contributed by atoms with Gasteiger partial charge in [-0.1, -0.05) is 48.0 Å². The predicted octanol–water partition coefficient (Wildman–Crippen LogP) is 4.95. The summed E-state index contributed by atoms with van der Waals surface area (Å²) in [5, 5.41) is 0.355. The van der Waals surface area contributed by atoms with E-state index in [0.717, 1.165) is 16.7 Å². The molecule has 0 saturated carbocycles. The number of benzene rings is 2. The van der Waals surface area contributed by atoms with Gasteiger partial charge < -0.3 is 14.2 Å². The van der Waals surface area contributed by atoms with Gasteiger partial charge in [0.15, 0.2) is 6.29 Å². The fraction of sp³-hybridized carbons (Fsp3) is 0.240. The summed E-state index contributed by atoms with van der Waals surface area (Å²) >= 11 is 6.11. The highest BCUT2D eigenvalue weighted by Gasteiger charge is 2.25. The lowest BCUT2D eigenvalue weighted by Crippen LogP contribution is -2.40. The molecule has 7 heteroatoms. The number of rotatable bonds is 5. The Kier molecular flexibility index (Phi) is 6.71. The Morgan fingerprint density at radius 3 is 2.41 bits per heavy atom. The van der Waals surface area contributed by atoms with Crippen molar-refractivity contribution in [2.24, 2.45) is 0 Å². The van der Waals surface area contributed by atoms with Crippen LogP contribution >= 0.6 is 11.6 Å². The average Bonchev–Trinajstić information content (AvgIpc) is 2.83. The number of nitrogens with zero attached hydrogens (tertiary/aromatic N) is 2. The molecule has 1 saturated heterocycles. The second-order valence-corrected chi connectivity index (χ2v) is 8.18. The lowest BCUT2D eigenvalue weighted by molar-refractivity contribution is 0.0828. The molecule has 1 aliphatic rings. The van der Waals surface area contributed by atoms with E-state index in [0.29, 0.717) is 42.8 Å². The van der Waals surface area contributed by atoms with E-state index in [2.05, 4.69) is 0 Å². The number of hydrogen-bond donors (Lipinski definition) is 0. The van der Waals surface area contributed by atoms with Crippen molar-refractivity contribution in [3.63, 3.8) is 0 Å². The standard InChI is InChI=1S/C25H23ClN2O4/c26-23-14-19(6-7-21(23)16-29)20-8-13-28(24(30)15-20)22-9-11-27(12-10-22)25(31)32-17-18-4-2-1-3-5-18/h1-8,13-16,22H,9-12,17H2. The Morgan fingerprint density at radius 1 is 1.03 bits per heavy atom. The van der Waals surface area contributed by atoms with Crippen LogP contribution in [0.3, 0.4) is 0 Å². The number of ether oxygens (including phenoxy) is 1. The van der Waals surface area contributed by atoms with Crippen molar-refractivity contribution in [1.29, 1.82) is 0 Å². The summed E-state index contributed by atoms with van der Waals surface area (Å²) < 4.78 is 7.13. The number of amides is 1. The first-order chi connectivity index (χ1) is 15.5. The van der Waals surface area contributed by atoms with Gasteiger partial charge in [-0.15, -0.1) is 0 Å². The molecule has 0 bridgehead atoms. The first-order valence-electron chi connectivity index (χ1n) is 10.5. The number of halogens is 1. The van der Waals surface area contributed by atoms with Crippen molar-refractivity contribution in [1.82, 2.24) is 9.47 Å². The lowest BCUT2D eigenvalue weighted by atomic mass is 10.0. The van der Waals surface area contributed by atoms with Gasteiger partial charge in [-0.2, -0.15) is 0 Å². The van der Waals surface area contributed by atoms with Crippen molar-refractivity contribution >= 4 is 24.0 Å². The smallest absolute Gasteiger partial charge is 0.410 e. The van der Waals surface area contributed by atoms with Gasteiger partial charge in [0, 0.05) is 37.0 Å². The van der Waals surface area contributed by atoms with Crippen LogP contribution in [0.4, 0.5) is 4.79 Å². The molecule has 0 spiro atoms. The fourth-order valence-corrected chi connectivity index (χ4v) is 4.14. The topological polar surface area (TPSA) is 68.6 Å². The van der Waals surface area contributed by atoms with Crippen LogP contribution in [0.5, 0.6) is 0 Å². The van der Waals surface area contributed by atoms with Crippen LogP contribution in [0.25, 0.3) is 11.1 Å². The third-order valence-corrected chi connectivity index (χ3v) is 6.06. The summed E-state index contributed by atoms with van der Waals surface area (Å²) in [5.41, 5.74) is 2.78. The van der Waals surface area contributed by atoms with Gasteiger partial charge in [-0.05, 0) is 47.7 Å². The molecule has 0 unspecified atom stereocenters. The highest BCUT2D eigenvalue weighted by atomic mass is 35.5. The molecular weight excluding hydrogens is 428 g/mol. The number of carbonyl (C=O) groups is 2. The Balaban J connectivity index is 1.37. The van der Waals surface area contributed by atoms with E-state index in [1.165, 1.54) is 0 Å². The molecule has 0 atom stereocenters. The van der Waals surface area contributed by atoms with E-state index in [1.807, 2.05) is 36.4 Å². The highest BCUT2D eigenvalue weighted by molar-refractivity contribution is 6.33. The number of carbonyl (C=O) groups excluding carboxylic acids is 2. The number of pyridine rings is 1. The van der Waals surface area contributed by atoms with Gasteiger partial charge in [-0.3, -0.25) is 9.59 Å². The average molecular weight is 451 g/mol. The summed E-state index contributed by atoms with van der Waals surface area (Å²) in [6.45, 7) is 1.32. The molecule has 0 N–H and O–H groups in total. The largest absolute Gasteiger partial charge is 0.445 e. The molecule has 32 heavy (non-hydrogen) atoms. The quantitative estimate of drug-likeness (QED) is 0.515. The number of likely N-dealkylation sites (tertiary alicyclic amines) is 1. The minimum absolute atomic E-state index is 0.0238. The molecule has 2 aromatic carbocycles. The summed E-state index contributed by atoms with van der Waals surface area (Å²) in [7, 11) is 0. The van der Waals surface area contributed by atoms with E-state index in [4.69, 9.17) is 16.3 Å². The van der Waals surface area contributed by atoms with Crippen LogP contribution in [0.2, 0.25) is 5.02 Å². The minimum atomic E-state index is -0.328. The number of piperidine rings is 1. The first-order valence-corrected chi connectivity index (χ1v) is 10.9. The molecule has 0 aliphatic carbocycles. The maximum Gasteiger partial charge on any atom is 0.410 e. The Morgan fingerprint density at radius 2 is 1.75 bits per heavy atom. The molecule has 1 aromatic heterocycles. The second-order valence-electron chi connectivity index (χ2n) is 7.77. The maximum absolute atomic E-state index is 12.8. The van der Waals surface area contributed by atoms with Gasteiger partial charge in [-0.25, -0.2) is 4.79 Å². The van der Waals surface area contributed by atoms with Gasteiger partial charge in [0.2, 0.25) is 0 Å². The van der Waals surface area contributed by atoms with Crippen molar-refractivity contribution in [3.8, 4) is 11.1 Å². The van der Waals surface area contributed by atoms with Crippen LogP contribution < -0.4 is 5.56 Å². The maximum atomic E-state index is 12.8. The van der Waals surface area contributed by atoms with Crippen molar-refractivity contribution in [3.05, 3.63) is 93.4 Å². The van der Waals surface area contributed by atoms with E-state index in [1.54, 1.807) is 39.9 Å². The van der Waals surface area contributed by atoms with Crippen LogP contribution in [-0.4, -0.2) is 34.9 Å². The normalized spacial score (nSPS) is 14.2. The predicted molar refractivity (Wildman–Crippen MR) is 123 cm³/mol. The molecule has 0 radical (unpaired) electrons. The molecular formula is C25H23ClN2O4. The van der Waals surface area contributed by atoms with Crippen molar-refractivity contribution in [2.75, 3.05) is 13.1 Å². The Bertz CT molecular complexity index is 1170. The molecule has 2 heterocycles. The lowest BCUT2D eigenvalue weighted by Gasteiger charge is -2.32. The van der Waals surface area contributed by atoms with Crippen LogP contribution in [0.1, 0.15) is 34.8 Å². The molecule has 3 aromatic rings. The van der Waals surface area contributed by atoms with Crippen LogP contribution in [0, 0.1) is 0 Å². The van der Waals surface area contributed by atoms with Gasteiger partial charge in [0.1, 0.15) is 6.61 Å². The zero-order valence-electron chi connectivity index (χ0n) is 17.4. The molecule has 1 fully saturated rings. The summed E-state index contributed by atoms with van der Waals surface area (Å²) in [4.78, 5) is 37.8. The van der Waals surface area contributed by atoms with E-state index < -0.39 is 0 Å². The van der Waals surface area contributed by atoms with Crippen LogP contribution in [-0.2, 0) is 11.3 Å². The van der Waals surface area contributed by atoms with Gasteiger partial charge in [0.25, 0.3) is 5.56 Å². The number of aromatic nitrogens is 1. The molecule has 164 valence electrons. The number of hydrogen-bond acceptors (Lipinski definition) is 4. The summed E-state index contributed by atoms with van der Waals surface area (Å²) in [6, 6.07) is 18.1. The van der Waals surface area contributed by atoms with Crippen molar-refractivity contribution < 1.29 is 14.3 Å². The van der Waals surface area contributed by atoms with Gasteiger partial charge in [0.05, 0.1) is 5.02 Å². The highest BCUT2D eigenvalue weighted by Crippen LogP contribution is 2.26. The molecule has 6 nitrogen and oxygen atoms in total. The third kappa shape index (κ3) is 4.92. The summed E-state index contributed by atoms with van der Waals surface area (Å²) in [6.07, 6.45) is 3.52. The Hall–Kier alpha value is -3.38. The Labute approximate surface area is 191 Å². The third-order valence-electron chi connectivity index (χ3n) is 5.73. The molecule has 1 amide bonds. The van der Waals surface area contributed by atoms with E-state index in [-0.39, 0.29) is 24.3 Å². The SMILES string of the molecule is O=Cc1ccc(-c2ccn(C3CCN(C(=O)OCc4ccccc4)CC3)c(=O)c2)cc1Cl. The van der Waals surface area contributed by atoms with Crippen LogP contribution in [0.15, 0.2) is 71.7 Å². The minimum Gasteiger partial charge on any atom is -0.445 e. The second kappa shape index (κ2) is 9.83. The van der Waals surface area contributed by atoms with Gasteiger partial charge >= 0.3 is 6.09 Å². The first kappa shape index (κ1) is 21.8. The zero-order chi connectivity index (χ0) is 22.5. The number of aldehydes is 1. The molecule has 4 rings (SSSR count). The van der Waals surface area contributed by atoms with E-state index >= 15 is 0 Å². The van der Waals surface area contributed by atoms with Crippen molar-refractivity contribution in [2.45, 2.75) is 25.5 Å². The fourth-order valence-electron chi connectivity index (χ4n) is 3.91. The monoisotopic (exact) mass is 450 g/mol. The van der Waals surface area contributed by atoms with E-state index in [9.17, 15) is 14.4 Å². The summed E-state index contributed by atoms with van der Waals surface area (Å²) in [5.74, 6) is 0. The molecule has 1 aliphatic heterocycles.